The molecule has 8 heteroatoms. The molecule has 0 unspecified atom stereocenters. The van der Waals surface area contributed by atoms with Crippen molar-refractivity contribution < 1.29 is 18.3 Å². The van der Waals surface area contributed by atoms with Crippen LogP contribution in [0.3, 0.4) is 0 Å². The van der Waals surface area contributed by atoms with Gasteiger partial charge in [-0.3, -0.25) is 0 Å². The number of hydrogen-bond donors (Lipinski definition) is 0. The highest BCUT2D eigenvalue weighted by Gasteiger charge is 2.22. The summed E-state index contributed by atoms with van der Waals surface area (Å²) in [6.45, 7) is 0. The first kappa shape index (κ1) is 40.3. The molecule has 0 saturated carbocycles. The van der Waals surface area contributed by atoms with Crippen molar-refractivity contribution in [1.82, 2.24) is 9.97 Å². The van der Waals surface area contributed by atoms with E-state index in [1.165, 1.54) is 38.1 Å². The van der Waals surface area contributed by atoms with Gasteiger partial charge in [0.15, 0.2) is 24.8 Å². The highest BCUT2D eigenvalue weighted by Crippen LogP contribution is 2.44. The molecular formula is C60H44N6S2+4. The van der Waals surface area contributed by atoms with E-state index in [1.807, 2.05) is 0 Å². The lowest BCUT2D eigenvalue weighted by atomic mass is 10.0. The fourth-order valence-electron chi connectivity index (χ4n) is 10.2. The van der Waals surface area contributed by atoms with Gasteiger partial charge in [-0.15, -0.1) is 22.7 Å². The van der Waals surface area contributed by atoms with E-state index in [4.69, 9.17) is 9.97 Å². The average molecular weight is 913 g/mol. The summed E-state index contributed by atoms with van der Waals surface area (Å²) in [5.41, 5.74) is 17.3. The lowest BCUT2D eigenvalue weighted by molar-refractivity contribution is -0.645. The standard InChI is InChI=1S/C60H44N6S2/c1-63-29-6-10-38-33-41(15-22-49(38)63)57-45-18-19-46(61-45)58(42-16-23-50-39(34-42)11-7-30-64(50)2)55-27-28-56(68-55)60(44-14-13-37-9-5-32-66(4)52(37)36-44)48-21-20-47(62-48)59(54-26-25-53(57)67-54)43-17-24-51-40(35-43)12-8-31-65(51)3/h5-36H,1-4H3/q+4. The Kier molecular flexibility index (Phi) is 9.35. The Bertz CT molecular complexity index is 4130. The SMILES string of the molecule is C[n+]1cccc2cc(-c3c4nc(c(-c5ccc6c(ccc[n+]6C)c5)c5ccc(s5)c(-c5ccc6ccc[n+](C)c6c5)c5nc(c(-c6ccc7c(ccc[n+]7C)c6)c6ccc3s6)C=C5)C=C4)ccc21. The third kappa shape index (κ3) is 6.67. The molecule has 13 rings (SSSR count). The number of benzene rings is 4. The maximum Gasteiger partial charge on any atom is 0.212 e. The van der Waals surface area contributed by atoms with E-state index in [1.54, 1.807) is 22.7 Å². The van der Waals surface area contributed by atoms with Gasteiger partial charge in [0, 0.05) is 111 Å². The first-order valence-corrected chi connectivity index (χ1v) is 24.5. The highest BCUT2D eigenvalue weighted by atomic mass is 32.1. The molecule has 0 N–H and O–H groups in total. The van der Waals surface area contributed by atoms with Gasteiger partial charge in [0.2, 0.25) is 22.1 Å². The Labute approximate surface area is 401 Å². The lowest BCUT2D eigenvalue weighted by Crippen LogP contribution is -2.27. The fraction of sp³-hybridized carbons (Fsp3) is 0.0667. The molecule has 0 amide bonds. The van der Waals surface area contributed by atoms with Gasteiger partial charge in [-0.05, 0) is 138 Å². The first-order chi connectivity index (χ1) is 33.3. The quantitative estimate of drug-likeness (QED) is 0.165. The minimum Gasteiger partial charge on any atom is -0.248 e. The van der Waals surface area contributed by atoms with E-state index in [0.29, 0.717) is 0 Å². The molecule has 0 atom stereocenters. The predicted octanol–water partition coefficient (Wildman–Crippen LogP) is 12.7. The summed E-state index contributed by atoms with van der Waals surface area (Å²) >= 11 is 3.60. The maximum atomic E-state index is 5.67. The number of hydrogen-bond acceptors (Lipinski definition) is 4. The third-order valence-corrected chi connectivity index (χ3v) is 15.9. The second-order valence-corrected chi connectivity index (χ2v) is 20.0. The number of nitrogens with zero attached hydrogens (tertiary/aromatic N) is 6. The molecule has 7 aromatic heterocycles. The van der Waals surface area contributed by atoms with Crippen molar-refractivity contribution in [2.75, 3.05) is 0 Å². The van der Waals surface area contributed by atoms with Crippen LogP contribution in [0.1, 0.15) is 22.8 Å². The van der Waals surface area contributed by atoms with Crippen LogP contribution < -0.4 is 18.3 Å². The summed E-state index contributed by atoms with van der Waals surface area (Å²) in [6, 6.07) is 53.6. The molecule has 0 aliphatic carbocycles. The lowest BCUT2D eigenvalue weighted by Gasteiger charge is -2.07. The van der Waals surface area contributed by atoms with Crippen molar-refractivity contribution in [1.29, 1.82) is 0 Å². The molecule has 9 heterocycles. The van der Waals surface area contributed by atoms with Crippen LogP contribution in [-0.2, 0) is 28.2 Å². The van der Waals surface area contributed by atoms with Crippen molar-refractivity contribution >= 4 is 109 Å². The van der Waals surface area contributed by atoms with Crippen molar-refractivity contribution in [3.05, 3.63) is 193 Å². The van der Waals surface area contributed by atoms with E-state index in [9.17, 15) is 0 Å². The van der Waals surface area contributed by atoms with Gasteiger partial charge in [0.05, 0.1) is 22.8 Å². The molecule has 8 bridgehead atoms. The molecular weight excluding hydrogens is 869 g/mol. The first-order valence-electron chi connectivity index (χ1n) is 22.8. The van der Waals surface area contributed by atoms with Crippen LogP contribution in [0.15, 0.2) is 170 Å². The van der Waals surface area contributed by atoms with E-state index < -0.39 is 0 Å². The molecule has 2 aliphatic heterocycles. The molecule has 0 fully saturated rings. The minimum absolute atomic E-state index is 0.935. The Hall–Kier alpha value is -8.04. The van der Waals surface area contributed by atoms with Crippen LogP contribution in [0.4, 0.5) is 0 Å². The minimum atomic E-state index is 0.935. The smallest absolute Gasteiger partial charge is 0.212 e. The molecule has 0 spiro atoms. The van der Waals surface area contributed by atoms with Crippen molar-refractivity contribution in [2.24, 2.45) is 28.2 Å². The van der Waals surface area contributed by atoms with Crippen LogP contribution in [0.25, 0.3) is 131 Å². The molecule has 2 aliphatic rings. The maximum absolute atomic E-state index is 5.67. The van der Waals surface area contributed by atoms with Crippen LogP contribution in [0.5, 0.6) is 0 Å². The second kappa shape index (κ2) is 15.8. The number of aryl methyl sites for hydroxylation is 4. The van der Waals surface area contributed by atoms with Gasteiger partial charge in [-0.1, -0.05) is 6.07 Å². The zero-order valence-electron chi connectivity index (χ0n) is 38.0. The average Bonchev–Trinajstić information content (AvgIpc) is 4.21. The van der Waals surface area contributed by atoms with E-state index >= 15 is 0 Å². The van der Waals surface area contributed by atoms with E-state index in [0.717, 1.165) is 91.6 Å². The predicted molar refractivity (Wildman–Crippen MR) is 282 cm³/mol. The number of aromatic nitrogens is 6. The molecule has 0 saturated heterocycles. The van der Waals surface area contributed by atoms with E-state index in [2.05, 4.69) is 241 Å². The van der Waals surface area contributed by atoms with Crippen molar-refractivity contribution in [2.45, 2.75) is 0 Å². The van der Waals surface area contributed by atoms with Gasteiger partial charge in [0.25, 0.3) is 0 Å². The summed E-state index contributed by atoms with van der Waals surface area (Å²) in [4.78, 5) is 11.3. The Morgan fingerprint density at radius 1 is 0.309 bits per heavy atom. The Morgan fingerprint density at radius 3 is 0.985 bits per heavy atom. The summed E-state index contributed by atoms with van der Waals surface area (Å²) in [5, 5.41) is 4.72. The second-order valence-electron chi connectivity index (χ2n) is 17.8. The molecule has 6 nitrogen and oxygen atoms in total. The van der Waals surface area contributed by atoms with Gasteiger partial charge in [0.1, 0.15) is 28.2 Å². The van der Waals surface area contributed by atoms with Crippen molar-refractivity contribution in [3.8, 4) is 44.5 Å². The zero-order valence-corrected chi connectivity index (χ0v) is 39.6. The summed E-state index contributed by atoms with van der Waals surface area (Å²) in [5.74, 6) is 0. The number of rotatable bonds is 4. The Morgan fingerprint density at radius 2 is 0.618 bits per heavy atom. The number of thiophene rings is 2. The van der Waals surface area contributed by atoms with Gasteiger partial charge in [-0.25, -0.2) is 28.2 Å². The number of fused-ring (bicyclic) bond motifs is 12. The topological polar surface area (TPSA) is 41.3 Å². The molecule has 68 heavy (non-hydrogen) atoms. The van der Waals surface area contributed by atoms with Crippen LogP contribution in [0.2, 0.25) is 0 Å². The monoisotopic (exact) mass is 912 g/mol. The van der Waals surface area contributed by atoms with Crippen LogP contribution in [-0.4, -0.2) is 9.97 Å². The molecule has 322 valence electrons. The van der Waals surface area contributed by atoms with Gasteiger partial charge < -0.3 is 0 Å². The number of pyridine rings is 4. The molecule has 0 radical (unpaired) electrons. The highest BCUT2D eigenvalue weighted by molar-refractivity contribution is 7.24. The normalized spacial score (nSPS) is 12.3. The summed E-state index contributed by atoms with van der Waals surface area (Å²) in [7, 11) is 8.43. The molecule has 4 aromatic carbocycles. The van der Waals surface area contributed by atoms with E-state index in [-0.39, 0.29) is 0 Å². The van der Waals surface area contributed by atoms with Crippen LogP contribution in [0, 0.1) is 0 Å². The fourth-order valence-corrected chi connectivity index (χ4v) is 12.5. The Balaban J connectivity index is 1.19. The van der Waals surface area contributed by atoms with Crippen LogP contribution >= 0.6 is 22.7 Å². The molecule has 11 aromatic rings. The summed E-state index contributed by atoms with van der Waals surface area (Å²) < 4.78 is 13.3. The van der Waals surface area contributed by atoms with Gasteiger partial charge in [-0.2, -0.15) is 0 Å². The largest absolute Gasteiger partial charge is 0.248 e. The zero-order chi connectivity index (χ0) is 45.6. The van der Waals surface area contributed by atoms with Gasteiger partial charge >= 0.3 is 0 Å². The third-order valence-electron chi connectivity index (χ3n) is 13.6. The van der Waals surface area contributed by atoms with Crippen molar-refractivity contribution in [3.63, 3.8) is 0 Å². The summed E-state index contributed by atoms with van der Waals surface area (Å²) in [6.07, 6.45) is 17.3.